The maximum atomic E-state index is 12.2. The molecule has 0 aliphatic carbocycles. The summed E-state index contributed by atoms with van der Waals surface area (Å²) in [6.07, 6.45) is 2.61. The molecule has 1 aromatic rings. The van der Waals surface area contributed by atoms with Crippen molar-refractivity contribution in [2.24, 2.45) is 5.92 Å². The summed E-state index contributed by atoms with van der Waals surface area (Å²) >= 11 is 0. The topological polar surface area (TPSA) is 63.7 Å². The van der Waals surface area contributed by atoms with E-state index in [1.807, 2.05) is 6.92 Å². The minimum Gasteiger partial charge on any atom is -0.481 e. The molecule has 2 rings (SSSR count). The van der Waals surface area contributed by atoms with Gasteiger partial charge in [0.25, 0.3) is 0 Å². The summed E-state index contributed by atoms with van der Waals surface area (Å²) in [5, 5.41) is 2.85. The van der Waals surface area contributed by atoms with Crippen molar-refractivity contribution in [3.8, 4) is 5.88 Å². The van der Waals surface area contributed by atoms with Gasteiger partial charge in [0.15, 0.2) is 0 Å². The molecular weight excluding hydrogens is 258 g/mol. The molecule has 20 heavy (non-hydrogen) atoms. The van der Waals surface area contributed by atoms with Crippen LogP contribution in [0.2, 0.25) is 0 Å². The fourth-order valence-electron chi connectivity index (χ4n) is 2.17. The number of urea groups is 1. The zero-order chi connectivity index (χ0) is 14.4. The van der Waals surface area contributed by atoms with E-state index in [1.165, 1.54) is 0 Å². The van der Waals surface area contributed by atoms with Gasteiger partial charge in [-0.3, -0.25) is 0 Å². The zero-order valence-electron chi connectivity index (χ0n) is 12.0. The summed E-state index contributed by atoms with van der Waals surface area (Å²) in [6, 6.07) is 3.39. The number of methoxy groups -OCH3 is 1. The maximum Gasteiger partial charge on any atom is 0.321 e. The molecule has 110 valence electrons. The number of ether oxygens (including phenoxy) is 2. The van der Waals surface area contributed by atoms with Gasteiger partial charge in [0.1, 0.15) is 0 Å². The van der Waals surface area contributed by atoms with Crippen LogP contribution in [-0.4, -0.2) is 49.3 Å². The van der Waals surface area contributed by atoms with Gasteiger partial charge in [0, 0.05) is 31.7 Å². The largest absolute Gasteiger partial charge is 0.481 e. The number of carbonyl (C=O) groups excluding carboxylic acids is 1. The molecule has 1 N–H and O–H groups in total. The van der Waals surface area contributed by atoms with E-state index in [0.29, 0.717) is 24.0 Å². The molecule has 1 saturated heterocycles. The fourth-order valence-corrected chi connectivity index (χ4v) is 2.17. The molecule has 0 spiro atoms. The molecule has 1 unspecified atom stereocenters. The maximum absolute atomic E-state index is 12.2. The SMILES string of the molecule is CCN(CC1CCOC1)C(=O)Nc1ccc(OC)nc1. The van der Waals surface area contributed by atoms with E-state index < -0.39 is 0 Å². The van der Waals surface area contributed by atoms with Crippen molar-refractivity contribution in [1.29, 1.82) is 0 Å². The van der Waals surface area contributed by atoms with Crippen LogP contribution in [0.15, 0.2) is 18.3 Å². The van der Waals surface area contributed by atoms with Gasteiger partial charge in [-0.25, -0.2) is 9.78 Å². The number of carbonyl (C=O) groups is 1. The van der Waals surface area contributed by atoms with Gasteiger partial charge in [-0.2, -0.15) is 0 Å². The number of hydrogen-bond acceptors (Lipinski definition) is 4. The van der Waals surface area contributed by atoms with Gasteiger partial charge in [0.05, 0.1) is 25.6 Å². The van der Waals surface area contributed by atoms with Crippen LogP contribution in [-0.2, 0) is 4.74 Å². The summed E-state index contributed by atoms with van der Waals surface area (Å²) in [7, 11) is 1.56. The van der Waals surface area contributed by atoms with Crippen LogP contribution in [0.5, 0.6) is 5.88 Å². The highest BCUT2D eigenvalue weighted by atomic mass is 16.5. The van der Waals surface area contributed by atoms with E-state index in [2.05, 4.69) is 10.3 Å². The molecule has 1 aliphatic heterocycles. The van der Waals surface area contributed by atoms with Crippen LogP contribution in [0.4, 0.5) is 10.5 Å². The molecule has 0 saturated carbocycles. The zero-order valence-corrected chi connectivity index (χ0v) is 12.0. The molecule has 0 aromatic carbocycles. The highest BCUT2D eigenvalue weighted by Gasteiger charge is 2.21. The highest BCUT2D eigenvalue weighted by molar-refractivity contribution is 5.89. The molecule has 6 nitrogen and oxygen atoms in total. The summed E-state index contributed by atoms with van der Waals surface area (Å²) in [6.45, 7) is 4.92. The van der Waals surface area contributed by atoms with E-state index in [-0.39, 0.29) is 6.03 Å². The second-order valence-electron chi connectivity index (χ2n) is 4.79. The number of rotatable bonds is 5. The molecule has 2 heterocycles. The van der Waals surface area contributed by atoms with Gasteiger partial charge >= 0.3 is 6.03 Å². The van der Waals surface area contributed by atoms with E-state index in [9.17, 15) is 4.79 Å². The number of amides is 2. The first-order valence-corrected chi connectivity index (χ1v) is 6.86. The quantitative estimate of drug-likeness (QED) is 0.895. The van der Waals surface area contributed by atoms with Gasteiger partial charge in [0.2, 0.25) is 5.88 Å². The summed E-state index contributed by atoms with van der Waals surface area (Å²) < 4.78 is 10.3. The number of nitrogens with zero attached hydrogens (tertiary/aromatic N) is 2. The molecule has 1 aromatic heterocycles. The Morgan fingerprint density at radius 3 is 3.00 bits per heavy atom. The molecular formula is C14H21N3O3. The Morgan fingerprint density at radius 2 is 2.45 bits per heavy atom. The lowest BCUT2D eigenvalue weighted by Crippen LogP contribution is -2.38. The highest BCUT2D eigenvalue weighted by Crippen LogP contribution is 2.15. The van der Waals surface area contributed by atoms with E-state index in [0.717, 1.165) is 26.2 Å². The normalized spacial score (nSPS) is 17.8. The summed E-state index contributed by atoms with van der Waals surface area (Å²) in [5.74, 6) is 0.966. The van der Waals surface area contributed by atoms with Gasteiger partial charge in [-0.15, -0.1) is 0 Å². The third-order valence-electron chi connectivity index (χ3n) is 3.37. The molecule has 6 heteroatoms. The number of pyridine rings is 1. The second kappa shape index (κ2) is 7.09. The number of nitrogens with one attached hydrogen (secondary N) is 1. The van der Waals surface area contributed by atoms with E-state index >= 15 is 0 Å². The Morgan fingerprint density at radius 1 is 1.60 bits per heavy atom. The van der Waals surface area contributed by atoms with Crippen LogP contribution in [0.1, 0.15) is 13.3 Å². The molecule has 1 aliphatic rings. The number of hydrogen-bond donors (Lipinski definition) is 1. The third-order valence-corrected chi connectivity index (χ3v) is 3.37. The Kier molecular flexibility index (Phi) is 5.17. The van der Waals surface area contributed by atoms with Crippen molar-refractivity contribution in [2.75, 3.05) is 38.7 Å². The van der Waals surface area contributed by atoms with Gasteiger partial charge < -0.3 is 19.7 Å². The Bertz CT molecular complexity index is 430. The average Bonchev–Trinajstić information content (AvgIpc) is 2.98. The van der Waals surface area contributed by atoms with Crippen molar-refractivity contribution in [3.05, 3.63) is 18.3 Å². The molecule has 0 radical (unpaired) electrons. The standard InChI is InChI=1S/C14H21N3O3/c1-3-17(9-11-6-7-20-10-11)14(18)16-12-4-5-13(19-2)15-8-12/h4-5,8,11H,3,6-7,9-10H2,1-2H3,(H,16,18). The third kappa shape index (κ3) is 3.84. The average molecular weight is 279 g/mol. The molecule has 0 bridgehead atoms. The van der Waals surface area contributed by atoms with Crippen LogP contribution >= 0.6 is 0 Å². The van der Waals surface area contributed by atoms with Crippen molar-refractivity contribution in [3.63, 3.8) is 0 Å². The lowest BCUT2D eigenvalue weighted by atomic mass is 10.1. The lowest BCUT2D eigenvalue weighted by molar-refractivity contribution is 0.171. The Labute approximate surface area is 119 Å². The van der Waals surface area contributed by atoms with Crippen LogP contribution in [0.25, 0.3) is 0 Å². The van der Waals surface area contributed by atoms with E-state index in [1.54, 1.807) is 30.3 Å². The predicted octanol–water partition coefficient (Wildman–Crippen LogP) is 1.98. The van der Waals surface area contributed by atoms with Crippen molar-refractivity contribution < 1.29 is 14.3 Å². The minimum atomic E-state index is -0.105. The van der Waals surface area contributed by atoms with Crippen LogP contribution in [0, 0.1) is 5.92 Å². The van der Waals surface area contributed by atoms with E-state index in [4.69, 9.17) is 9.47 Å². The smallest absolute Gasteiger partial charge is 0.321 e. The van der Waals surface area contributed by atoms with Crippen LogP contribution in [0.3, 0.4) is 0 Å². The van der Waals surface area contributed by atoms with Crippen molar-refractivity contribution in [2.45, 2.75) is 13.3 Å². The predicted molar refractivity (Wildman–Crippen MR) is 76.0 cm³/mol. The molecule has 1 atom stereocenters. The van der Waals surface area contributed by atoms with Crippen molar-refractivity contribution in [1.82, 2.24) is 9.88 Å². The Balaban J connectivity index is 1.90. The minimum absolute atomic E-state index is 0.105. The first kappa shape index (κ1) is 14.6. The Hall–Kier alpha value is -1.82. The van der Waals surface area contributed by atoms with Crippen molar-refractivity contribution >= 4 is 11.7 Å². The number of anilines is 1. The second-order valence-corrected chi connectivity index (χ2v) is 4.79. The van der Waals surface area contributed by atoms with Crippen LogP contribution < -0.4 is 10.1 Å². The monoisotopic (exact) mass is 279 g/mol. The first-order chi connectivity index (χ1) is 9.72. The van der Waals surface area contributed by atoms with Gasteiger partial charge in [-0.1, -0.05) is 0 Å². The lowest BCUT2D eigenvalue weighted by Gasteiger charge is -2.24. The number of aromatic nitrogens is 1. The molecule has 1 fully saturated rings. The fraction of sp³-hybridized carbons (Fsp3) is 0.571. The summed E-state index contributed by atoms with van der Waals surface area (Å²) in [4.78, 5) is 18.1. The summed E-state index contributed by atoms with van der Waals surface area (Å²) in [5.41, 5.74) is 0.664. The molecule has 2 amide bonds. The van der Waals surface area contributed by atoms with Gasteiger partial charge in [-0.05, 0) is 19.4 Å². The first-order valence-electron chi connectivity index (χ1n) is 6.86.